The van der Waals surface area contributed by atoms with Gasteiger partial charge in [0.1, 0.15) is 12.7 Å². The van der Waals surface area contributed by atoms with Gasteiger partial charge >= 0.3 is 5.97 Å². The van der Waals surface area contributed by atoms with Gasteiger partial charge in [-0.05, 0) is 5.41 Å². The molecule has 5 heteroatoms. The summed E-state index contributed by atoms with van der Waals surface area (Å²) in [4.78, 5) is 11.0. The molecule has 0 spiro atoms. The van der Waals surface area contributed by atoms with Crippen LogP contribution in [0, 0.1) is 5.41 Å². The summed E-state index contributed by atoms with van der Waals surface area (Å²) in [5.41, 5.74) is 0.0719. The molecule has 1 unspecified atom stereocenters. The highest BCUT2D eigenvalue weighted by molar-refractivity contribution is 7.80. The summed E-state index contributed by atoms with van der Waals surface area (Å²) in [7, 11) is 0. The van der Waals surface area contributed by atoms with Gasteiger partial charge in [0.15, 0.2) is 0 Å². The molecule has 0 fully saturated rings. The van der Waals surface area contributed by atoms with Crippen LogP contribution in [0.4, 0.5) is 0 Å². The van der Waals surface area contributed by atoms with Crippen LogP contribution in [0.2, 0.25) is 0 Å². The van der Waals surface area contributed by atoms with Crippen molar-refractivity contribution in [3.63, 3.8) is 0 Å². The Hall–Kier alpha value is -0.260. The molecule has 16 heavy (non-hydrogen) atoms. The van der Waals surface area contributed by atoms with Crippen LogP contribution < -0.4 is 0 Å². The smallest absolute Gasteiger partial charge is 0.306 e. The standard InChI is InChI=1S/C11H22O4S/c1-11(2,3)8-14-6-9(12)7-15-10(13)4-5-16/h9,12,16H,4-8H2,1-3H3. The molecule has 0 aliphatic heterocycles. The first kappa shape index (κ1) is 15.7. The molecule has 0 heterocycles. The molecule has 0 aliphatic carbocycles. The fourth-order valence-electron chi connectivity index (χ4n) is 0.902. The second-order valence-corrected chi connectivity index (χ2v) is 5.33. The lowest BCUT2D eigenvalue weighted by molar-refractivity contribution is -0.147. The van der Waals surface area contributed by atoms with Crippen LogP contribution in [0.15, 0.2) is 0 Å². The van der Waals surface area contributed by atoms with E-state index in [1.807, 2.05) is 20.8 Å². The van der Waals surface area contributed by atoms with Crippen LogP contribution in [0.1, 0.15) is 27.2 Å². The van der Waals surface area contributed by atoms with Gasteiger partial charge in [0.25, 0.3) is 0 Å². The molecule has 0 rings (SSSR count). The van der Waals surface area contributed by atoms with Crippen LogP contribution in [0.5, 0.6) is 0 Å². The van der Waals surface area contributed by atoms with E-state index in [4.69, 9.17) is 9.47 Å². The average Bonchev–Trinajstić information content (AvgIpc) is 2.13. The second kappa shape index (κ2) is 7.92. The maximum absolute atomic E-state index is 11.0. The second-order valence-electron chi connectivity index (χ2n) is 4.89. The fraction of sp³-hybridized carbons (Fsp3) is 0.909. The number of hydrogen-bond acceptors (Lipinski definition) is 5. The SMILES string of the molecule is CC(C)(C)COCC(O)COC(=O)CCS. The number of carbonyl (C=O) groups excluding carboxylic acids is 1. The lowest BCUT2D eigenvalue weighted by Gasteiger charge is -2.19. The maximum Gasteiger partial charge on any atom is 0.306 e. The highest BCUT2D eigenvalue weighted by Gasteiger charge is 2.13. The third-order valence-corrected chi connectivity index (χ3v) is 1.82. The third-order valence-electron chi connectivity index (χ3n) is 1.60. The van der Waals surface area contributed by atoms with Crippen molar-refractivity contribution in [2.45, 2.75) is 33.3 Å². The average molecular weight is 250 g/mol. The van der Waals surface area contributed by atoms with E-state index in [0.29, 0.717) is 12.4 Å². The Bertz CT molecular complexity index is 201. The molecule has 0 aliphatic rings. The van der Waals surface area contributed by atoms with Crippen LogP contribution in [0.25, 0.3) is 0 Å². The summed E-state index contributed by atoms with van der Waals surface area (Å²) < 4.78 is 10.1. The van der Waals surface area contributed by atoms with E-state index in [-0.39, 0.29) is 31.0 Å². The first-order valence-electron chi connectivity index (χ1n) is 5.37. The number of aliphatic hydroxyl groups excluding tert-OH is 1. The first-order valence-corrected chi connectivity index (χ1v) is 6.00. The largest absolute Gasteiger partial charge is 0.463 e. The zero-order valence-corrected chi connectivity index (χ0v) is 11.1. The molecule has 0 radical (unpaired) electrons. The predicted octanol–water partition coefficient (Wildman–Crippen LogP) is 1.27. The molecule has 0 aromatic carbocycles. The van der Waals surface area contributed by atoms with Crippen molar-refractivity contribution in [1.82, 2.24) is 0 Å². The van der Waals surface area contributed by atoms with Crippen LogP contribution in [0.3, 0.4) is 0 Å². The van der Waals surface area contributed by atoms with Crippen molar-refractivity contribution < 1.29 is 19.4 Å². The third kappa shape index (κ3) is 10.3. The van der Waals surface area contributed by atoms with Crippen LogP contribution in [-0.2, 0) is 14.3 Å². The molecule has 0 saturated carbocycles. The Morgan fingerprint density at radius 3 is 2.50 bits per heavy atom. The monoisotopic (exact) mass is 250 g/mol. The molecular weight excluding hydrogens is 228 g/mol. The molecule has 4 nitrogen and oxygen atoms in total. The summed E-state index contributed by atoms with van der Waals surface area (Å²) >= 11 is 3.90. The van der Waals surface area contributed by atoms with E-state index in [1.54, 1.807) is 0 Å². The molecule has 1 atom stereocenters. The zero-order chi connectivity index (χ0) is 12.6. The van der Waals surface area contributed by atoms with Gasteiger partial charge in [-0.3, -0.25) is 4.79 Å². The molecule has 0 amide bonds. The maximum atomic E-state index is 11.0. The fourth-order valence-corrected chi connectivity index (χ4v) is 1.08. The lowest BCUT2D eigenvalue weighted by atomic mass is 9.99. The minimum atomic E-state index is -0.758. The van der Waals surface area contributed by atoms with Gasteiger partial charge in [0.2, 0.25) is 0 Å². The Kier molecular flexibility index (Phi) is 7.80. The summed E-state index contributed by atoms with van der Waals surface area (Å²) in [6.45, 7) is 6.88. The predicted molar refractivity (Wildman–Crippen MR) is 65.7 cm³/mol. The van der Waals surface area contributed by atoms with E-state index in [0.717, 1.165) is 0 Å². The van der Waals surface area contributed by atoms with Crippen molar-refractivity contribution in [2.75, 3.05) is 25.6 Å². The normalized spacial score (nSPS) is 13.6. The van der Waals surface area contributed by atoms with E-state index >= 15 is 0 Å². The van der Waals surface area contributed by atoms with Crippen LogP contribution in [-0.4, -0.2) is 42.8 Å². The van der Waals surface area contributed by atoms with E-state index in [1.165, 1.54) is 0 Å². The van der Waals surface area contributed by atoms with Crippen molar-refractivity contribution in [1.29, 1.82) is 0 Å². The van der Waals surface area contributed by atoms with E-state index in [2.05, 4.69) is 12.6 Å². The Balaban J connectivity index is 3.52. The minimum absolute atomic E-state index is 0.0171. The summed E-state index contributed by atoms with van der Waals surface area (Å²) in [5.74, 6) is 0.111. The van der Waals surface area contributed by atoms with Gasteiger partial charge < -0.3 is 14.6 Å². The van der Waals surface area contributed by atoms with Crippen molar-refractivity contribution in [3.8, 4) is 0 Å². The number of esters is 1. The summed E-state index contributed by atoms with van der Waals surface area (Å²) in [6, 6.07) is 0. The van der Waals surface area contributed by atoms with Gasteiger partial charge in [-0.2, -0.15) is 12.6 Å². The van der Waals surface area contributed by atoms with Gasteiger partial charge in [-0.15, -0.1) is 0 Å². The molecule has 96 valence electrons. The van der Waals surface area contributed by atoms with Crippen molar-refractivity contribution >= 4 is 18.6 Å². The number of rotatable bonds is 7. The summed E-state index contributed by atoms with van der Waals surface area (Å²) in [6.07, 6.45) is -0.496. The van der Waals surface area contributed by atoms with Crippen molar-refractivity contribution in [2.24, 2.45) is 5.41 Å². The number of aliphatic hydroxyl groups is 1. The van der Waals surface area contributed by atoms with E-state index < -0.39 is 6.10 Å². The number of carbonyl (C=O) groups is 1. The molecule has 0 aromatic heterocycles. The van der Waals surface area contributed by atoms with E-state index in [9.17, 15) is 9.90 Å². The molecule has 1 N–H and O–H groups in total. The summed E-state index contributed by atoms with van der Waals surface area (Å²) in [5, 5.41) is 9.44. The lowest BCUT2D eigenvalue weighted by Crippen LogP contribution is -2.26. The van der Waals surface area contributed by atoms with Gasteiger partial charge in [-0.25, -0.2) is 0 Å². The zero-order valence-electron chi connectivity index (χ0n) is 10.2. The van der Waals surface area contributed by atoms with Gasteiger partial charge in [-0.1, -0.05) is 20.8 Å². The highest BCUT2D eigenvalue weighted by atomic mass is 32.1. The topological polar surface area (TPSA) is 55.8 Å². The number of hydrogen-bond donors (Lipinski definition) is 2. The Labute approximate surface area is 103 Å². The highest BCUT2D eigenvalue weighted by Crippen LogP contribution is 2.12. The molecule has 0 saturated heterocycles. The quantitative estimate of drug-likeness (QED) is 0.528. The minimum Gasteiger partial charge on any atom is -0.463 e. The van der Waals surface area contributed by atoms with Gasteiger partial charge in [0, 0.05) is 5.75 Å². The Morgan fingerprint density at radius 1 is 1.38 bits per heavy atom. The molecular formula is C11H22O4S. The molecule has 0 bridgehead atoms. The van der Waals surface area contributed by atoms with Crippen LogP contribution >= 0.6 is 12.6 Å². The van der Waals surface area contributed by atoms with Crippen molar-refractivity contribution in [3.05, 3.63) is 0 Å². The van der Waals surface area contributed by atoms with Gasteiger partial charge in [0.05, 0.1) is 19.6 Å². The number of ether oxygens (including phenoxy) is 2. The first-order chi connectivity index (χ1) is 7.35. The number of thiol groups is 1. The molecule has 0 aromatic rings. The Morgan fingerprint density at radius 2 is 2.00 bits per heavy atom.